The molecule has 10 nitrogen and oxygen atoms in total. The number of methoxy groups -OCH3 is 1. The summed E-state index contributed by atoms with van der Waals surface area (Å²) in [5.41, 5.74) is 6.76. The molecule has 1 unspecified atom stereocenters. The lowest BCUT2D eigenvalue weighted by Gasteiger charge is -2.28. The minimum absolute atomic E-state index is 0.151. The standard InChI is InChI=1S/C31H35N9O/c1-18-13-20(3)39(36-18)29-33-27(34-30(35-29)40-21(4)14-19(2)37-40)16-26-31(5,6)25-15-23(17-38(7)28(25)32-26)22-9-11-24(41-8)12-10-22/h9-13,15-17,21H,14H2,1-8H3/b26-16-. The van der Waals surface area contributed by atoms with Gasteiger partial charge in [-0.1, -0.05) is 26.0 Å². The number of benzene rings is 1. The van der Waals surface area contributed by atoms with Crippen LogP contribution in [0.15, 0.2) is 64.0 Å². The van der Waals surface area contributed by atoms with Crippen LogP contribution in [0.1, 0.15) is 56.9 Å². The average molecular weight is 550 g/mol. The molecule has 0 radical (unpaired) electrons. The number of aromatic nitrogens is 5. The van der Waals surface area contributed by atoms with Gasteiger partial charge in [0.1, 0.15) is 11.6 Å². The van der Waals surface area contributed by atoms with Crippen molar-refractivity contribution in [1.29, 1.82) is 0 Å². The Kier molecular flexibility index (Phi) is 6.36. The number of anilines is 1. The van der Waals surface area contributed by atoms with E-state index in [1.165, 1.54) is 0 Å². The summed E-state index contributed by atoms with van der Waals surface area (Å²) in [6, 6.07) is 10.3. The third kappa shape index (κ3) is 4.73. The van der Waals surface area contributed by atoms with E-state index in [-0.39, 0.29) is 11.5 Å². The first kappa shape index (κ1) is 26.6. The number of likely N-dealkylation sites (N-methyl/N-ethyl adjacent to an activating group) is 1. The third-order valence-corrected chi connectivity index (χ3v) is 7.76. The lowest BCUT2D eigenvalue weighted by atomic mass is 9.80. The molecule has 5 heterocycles. The maximum atomic E-state index is 5.34. The Labute approximate surface area is 240 Å². The van der Waals surface area contributed by atoms with Crippen LogP contribution in [0, 0.1) is 19.3 Å². The van der Waals surface area contributed by atoms with E-state index < -0.39 is 0 Å². The number of nitrogens with zero attached hydrogens (tertiary/aromatic N) is 9. The average Bonchev–Trinajstić information content (AvgIpc) is 3.55. The van der Waals surface area contributed by atoms with Crippen LogP contribution in [-0.2, 0) is 0 Å². The number of hydrazone groups is 1. The number of amidine groups is 1. The molecule has 1 aromatic carbocycles. The van der Waals surface area contributed by atoms with Gasteiger partial charge in [-0.3, -0.25) is 0 Å². The SMILES string of the molecule is COc1ccc(C2=CN(C)C3=N/C(=C\c4nc(N5N=C(C)CC5C)nc(-n5nc(C)cc5C)n4)C(C)(C)C3=C2)cc1. The molecule has 3 aliphatic rings. The van der Waals surface area contributed by atoms with Crippen molar-refractivity contribution >= 4 is 29.1 Å². The van der Waals surface area contributed by atoms with Crippen molar-refractivity contribution in [3.8, 4) is 11.7 Å². The van der Waals surface area contributed by atoms with E-state index >= 15 is 0 Å². The first-order valence-electron chi connectivity index (χ1n) is 13.8. The summed E-state index contributed by atoms with van der Waals surface area (Å²) >= 11 is 0. The van der Waals surface area contributed by atoms with E-state index in [0.717, 1.165) is 57.5 Å². The van der Waals surface area contributed by atoms with Gasteiger partial charge in [-0.15, -0.1) is 0 Å². The van der Waals surface area contributed by atoms with Crippen molar-refractivity contribution < 1.29 is 4.74 Å². The first-order chi connectivity index (χ1) is 19.5. The van der Waals surface area contributed by atoms with Crippen molar-refractivity contribution in [2.24, 2.45) is 15.5 Å². The Bertz CT molecular complexity index is 1690. The predicted molar refractivity (Wildman–Crippen MR) is 162 cm³/mol. The van der Waals surface area contributed by atoms with E-state index in [1.807, 2.05) is 57.1 Å². The van der Waals surface area contributed by atoms with Crippen LogP contribution in [0.25, 0.3) is 17.6 Å². The number of rotatable bonds is 5. The number of hydrogen-bond acceptors (Lipinski definition) is 9. The minimum atomic E-state index is -0.379. The summed E-state index contributed by atoms with van der Waals surface area (Å²) in [4.78, 5) is 21.7. The number of aliphatic imine (C=N–C) groups is 1. The molecule has 0 fully saturated rings. The molecule has 10 heteroatoms. The molecule has 3 aromatic rings. The maximum absolute atomic E-state index is 5.34. The highest BCUT2D eigenvalue weighted by atomic mass is 16.5. The molecular weight excluding hydrogens is 514 g/mol. The summed E-state index contributed by atoms with van der Waals surface area (Å²) in [5.74, 6) is 3.22. The fraction of sp³-hybridized carbons (Fsp3) is 0.355. The van der Waals surface area contributed by atoms with E-state index in [9.17, 15) is 0 Å². The monoisotopic (exact) mass is 549 g/mol. The van der Waals surface area contributed by atoms with Crippen LogP contribution < -0.4 is 9.75 Å². The Balaban J connectivity index is 1.42. The Morgan fingerprint density at radius 3 is 2.39 bits per heavy atom. The number of aryl methyl sites for hydroxylation is 2. The number of hydrogen-bond donors (Lipinski definition) is 0. The molecule has 210 valence electrons. The van der Waals surface area contributed by atoms with Crippen LogP contribution in [0.4, 0.5) is 5.95 Å². The Morgan fingerprint density at radius 1 is 1.02 bits per heavy atom. The quantitative estimate of drug-likeness (QED) is 0.423. The molecule has 6 rings (SSSR count). The number of fused-ring (bicyclic) bond motifs is 1. The molecule has 0 aliphatic carbocycles. The molecule has 0 amide bonds. The first-order valence-corrected chi connectivity index (χ1v) is 13.8. The number of allylic oxidation sites excluding steroid dienone is 3. The van der Waals surface area contributed by atoms with Crippen molar-refractivity contribution in [3.05, 3.63) is 76.7 Å². The summed E-state index contributed by atoms with van der Waals surface area (Å²) in [6.45, 7) is 12.5. The highest BCUT2D eigenvalue weighted by molar-refractivity contribution is 6.08. The van der Waals surface area contributed by atoms with Gasteiger partial charge >= 0.3 is 0 Å². The van der Waals surface area contributed by atoms with Gasteiger partial charge < -0.3 is 9.64 Å². The molecule has 41 heavy (non-hydrogen) atoms. The highest BCUT2D eigenvalue weighted by Gasteiger charge is 2.40. The van der Waals surface area contributed by atoms with Crippen LogP contribution in [0.3, 0.4) is 0 Å². The van der Waals surface area contributed by atoms with Gasteiger partial charge in [-0.05, 0) is 63.1 Å². The second kappa shape index (κ2) is 9.79. The zero-order valence-electron chi connectivity index (χ0n) is 24.8. The second-order valence-electron chi connectivity index (χ2n) is 11.4. The van der Waals surface area contributed by atoms with Gasteiger partial charge in [0, 0.05) is 48.1 Å². The maximum Gasteiger partial charge on any atom is 0.256 e. The van der Waals surface area contributed by atoms with Gasteiger partial charge in [0.05, 0.1) is 24.5 Å². The van der Waals surface area contributed by atoms with Crippen LogP contribution in [0.2, 0.25) is 0 Å². The topological polar surface area (TPSA) is 96.9 Å². The van der Waals surface area contributed by atoms with E-state index in [1.54, 1.807) is 11.8 Å². The van der Waals surface area contributed by atoms with Crippen molar-refractivity contribution in [2.75, 3.05) is 19.2 Å². The van der Waals surface area contributed by atoms with Gasteiger partial charge in [0.25, 0.3) is 11.9 Å². The highest BCUT2D eigenvalue weighted by Crippen LogP contribution is 2.46. The summed E-state index contributed by atoms with van der Waals surface area (Å²) < 4.78 is 7.10. The molecule has 0 saturated heterocycles. The molecule has 0 saturated carbocycles. The van der Waals surface area contributed by atoms with Crippen LogP contribution in [0.5, 0.6) is 5.75 Å². The molecule has 0 bridgehead atoms. The van der Waals surface area contributed by atoms with Crippen molar-refractivity contribution in [2.45, 2.75) is 54.0 Å². The normalized spacial score (nSPS) is 20.6. The van der Waals surface area contributed by atoms with Gasteiger partial charge in [-0.2, -0.15) is 25.2 Å². The fourth-order valence-electron chi connectivity index (χ4n) is 5.53. The zero-order chi connectivity index (χ0) is 29.1. The molecular formula is C31H35N9O. The van der Waals surface area contributed by atoms with Crippen molar-refractivity contribution in [3.63, 3.8) is 0 Å². The van der Waals surface area contributed by atoms with Crippen LogP contribution >= 0.6 is 0 Å². The van der Waals surface area contributed by atoms with Gasteiger partial charge in [-0.25, -0.2) is 14.7 Å². The van der Waals surface area contributed by atoms with Gasteiger partial charge in [0.15, 0.2) is 5.82 Å². The van der Waals surface area contributed by atoms with Gasteiger partial charge in [0.2, 0.25) is 0 Å². The summed E-state index contributed by atoms with van der Waals surface area (Å²) in [5, 5.41) is 11.2. The smallest absolute Gasteiger partial charge is 0.256 e. The number of ether oxygens (including phenoxy) is 1. The van der Waals surface area contributed by atoms with Crippen LogP contribution in [-0.4, -0.2) is 61.4 Å². The fourth-order valence-corrected chi connectivity index (χ4v) is 5.53. The van der Waals surface area contributed by atoms with E-state index in [0.29, 0.717) is 17.7 Å². The predicted octanol–water partition coefficient (Wildman–Crippen LogP) is 5.35. The molecule has 3 aliphatic heterocycles. The summed E-state index contributed by atoms with van der Waals surface area (Å²) in [6.07, 6.45) is 7.16. The third-order valence-electron chi connectivity index (χ3n) is 7.76. The lowest BCUT2D eigenvalue weighted by molar-refractivity contribution is 0.415. The second-order valence-corrected chi connectivity index (χ2v) is 11.4. The minimum Gasteiger partial charge on any atom is -0.497 e. The molecule has 0 N–H and O–H groups in total. The zero-order valence-corrected chi connectivity index (χ0v) is 24.8. The Morgan fingerprint density at radius 2 is 1.76 bits per heavy atom. The summed E-state index contributed by atoms with van der Waals surface area (Å²) in [7, 11) is 3.71. The van der Waals surface area contributed by atoms with Crippen molar-refractivity contribution in [1.82, 2.24) is 29.6 Å². The van der Waals surface area contributed by atoms with E-state index in [4.69, 9.17) is 29.8 Å². The molecule has 1 atom stereocenters. The van der Waals surface area contributed by atoms with E-state index in [2.05, 4.69) is 55.2 Å². The lowest BCUT2D eigenvalue weighted by Crippen LogP contribution is -2.28. The Hall–Kier alpha value is -4.60. The molecule has 2 aromatic heterocycles. The molecule has 0 spiro atoms. The largest absolute Gasteiger partial charge is 0.497 e.